The maximum absolute atomic E-state index is 13.8. The predicted octanol–water partition coefficient (Wildman–Crippen LogP) is 4.86. The summed E-state index contributed by atoms with van der Waals surface area (Å²) in [5.74, 6) is -0.149. The number of halogens is 1. The molecule has 4 nitrogen and oxygen atoms in total. The first-order chi connectivity index (χ1) is 13.2. The third-order valence-electron chi connectivity index (χ3n) is 4.51. The first-order valence-electron chi connectivity index (χ1n) is 8.89. The van der Waals surface area contributed by atoms with Crippen LogP contribution in [0.25, 0.3) is 22.2 Å². The van der Waals surface area contributed by atoms with E-state index in [4.69, 9.17) is 4.42 Å². The average Bonchev–Trinajstić information content (AvgIpc) is 3.33. The molecule has 4 rings (SSSR count). The Bertz CT molecular complexity index is 1080. The molecular weight excluding hydrogens is 343 g/mol. The third-order valence-corrected chi connectivity index (χ3v) is 4.51. The van der Waals surface area contributed by atoms with E-state index in [2.05, 4.69) is 34.3 Å². The van der Waals surface area contributed by atoms with Gasteiger partial charge in [0.2, 0.25) is 0 Å². The molecule has 0 atom stereocenters. The number of carbonyl (C=O) groups is 1. The molecule has 0 spiro atoms. The first kappa shape index (κ1) is 17.1. The third kappa shape index (κ3) is 3.62. The molecule has 0 saturated heterocycles. The molecule has 4 aromatic rings. The number of carbonyl (C=O) groups excluding carboxylic acids is 1. The molecule has 1 amide bonds. The van der Waals surface area contributed by atoms with Gasteiger partial charge in [-0.1, -0.05) is 30.3 Å². The van der Waals surface area contributed by atoms with Gasteiger partial charge in [-0.05, 0) is 48.2 Å². The molecule has 2 aromatic heterocycles. The van der Waals surface area contributed by atoms with Crippen LogP contribution in [0.2, 0.25) is 0 Å². The Hall–Kier alpha value is -3.34. The number of aromatic nitrogens is 1. The summed E-state index contributed by atoms with van der Waals surface area (Å²) in [6.07, 6.45) is 2.85. The maximum Gasteiger partial charge on any atom is 0.287 e. The number of nitrogens with one attached hydrogen (secondary N) is 1. The Kier molecular flexibility index (Phi) is 4.75. The second-order valence-electron chi connectivity index (χ2n) is 6.32. The van der Waals surface area contributed by atoms with E-state index in [1.54, 1.807) is 30.3 Å². The molecule has 0 bridgehead atoms. The number of benzene rings is 2. The molecule has 2 heterocycles. The van der Waals surface area contributed by atoms with Crippen LogP contribution in [0.1, 0.15) is 17.0 Å². The highest BCUT2D eigenvalue weighted by Gasteiger charge is 2.13. The summed E-state index contributed by atoms with van der Waals surface area (Å²) in [6.45, 7) is 1.34. The molecule has 0 radical (unpaired) electrons. The van der Waals surface area contributed by atoms with Gasteiger partial charge in [-0.25, -0.2) is 4.39 Å². The Balaban J connectivity index is 1.33. The minimum atomic E-state index is -0.377. The highest BCUT2D eigenvalue weighted by molar-refractivity contribution is 5.92. The molecule has 136 valence electrons. The van der Waals surface area contributed by atoms with Crippen molar-refractivity contribution in [2.45, 2.75) is 13.0 Å². The summed E-state index contributed by atoms with van der Waals surface area (Å²) >= 11 is 0. The van der Waals surface area contributed by atoms with Crippen LogP contribution in [0.3, 0.4) is 0 Å². The van der Waals surface area contributed by atoms with Gasteiger partial charge < -0.3 is 14.3 Å². The normalized spacial score (nSPS) is 11.0. The number of hydrogen-bond donors (Lipinski definition) is 1. The van der Waals surface area contributed by atoms with Gasteiger partial charge in [-0.2, -0.15) is 0 Å². The summed E-state index contributed by atoms with van der Waals surface area (Å²) in [6, 6.07) is 19.8. The number of hydrogen-bond acceptors (Lipinski definition) is 2. The molecule has 0 aliphatic heterocycles. The predicted molar refractivity (Wildman–Crippen MR) is 103 cm³/mol. The lowest BCUT2D eigenvalue weighted by Gasteiger charge is -2.06. The fourth-order valence-corrected chi connectivity index (χ4v) is 3.14. The van der Waals surface area contributed by atoms with Crippen molar-refractivity contribution in [3.05, 3.63) is 84.5 Å². The molecule has 0 unspecified atom stereocenters. The Morgan fingerprint density at radius 1 is 1.00 bits per heavy atom. The van der Waals surface area contributed by atoms with Gasteiger partial charge in [0, 0.05) is 24.8 Å². The fraction of sp³-hybridized carbons (Fsp3) is 0.136. The average molecular weight is 362 g/mol. The summed E-state index contributed by atoms with van der Waals surface area (Å²) < 4.78 is 21.5. The largest absolute Gasteiger partial charge is 0.451 e. The number of aryl methyl sites for hydroxylation is 1. The van der Waals surface area contributed by atoms with Crippen LogP contribution in [-0.2, 0) is 6.54 Å². The molecule has 5 heteroatoms. The van der Waals surface area contributed by atoms with Crippen molar-refractivity contribution in [2.24, 2.45) is 0 Å². The van der Waals surface area contributed by atoms with Crippen LogP contribution in [0.15, 0.2) is 77.3 Å². The van der Waals surface area contributed by atoms with Crippen LogP contribution >= 0.6 is 0 Å². The van der Waals surface area contributed by atoms with Crippen LogP contribution in [-0.4, -0.2) is 17.0 Å². The number of para-hydroxylation sites is 1. The van der Waals surface area contributed by atoms with Gasteiger partial charge in [-0.3, -0.25) is 4.79 Å². The molecule has 27 heavy (non-hydrogen) atoms. The van der Waals surface area contributed by atoms with Crippen LogP contribution in [0, 0.1) is 5.82 Å². The van der Waals surface area contributed by atoms with Crippen molar-refractivity contribution in [3.63, 3.8) is 0 Å². The first-order valence-corrected chi connectivity index (χ1v) is 8.89. The summed E-state index contributed by atoms with van der Waals surface area (Å²) in [5.41, 5.74) is 1.53. The quantitative estimate of drug-likeness (QED) is 0.498. The molecule has 1 N–H and O–H groups in total. The van der Waals surface area contributed by atoms with Crippen molar-refractivity contribution in [3.8, 4) is 11.3 Å². The van der Waals surface area contributed by atoms with Crippen molar-refractivity contribution in [1.82, 2.24) is 9.88 Å². The van der Waals surface area contributed by atoms with Gasteiger partial charge in [0.1, 0.15) is 11.6 Å². The van der Waals surface area contributed by atoms with E-state index < -0.39 is 0 Å². The van der Waals surface area contributed by atoms with Gasteiger partial charge in [0.05, 0.1) is 5.56 Å². The molecule has 0 saturated carbocycles. The molecular formula is C22H19FN2O2. The van der Waals surface area contributed by atoms with E-state index in [1.807, 2.05) is 12.1 Å². The van der Waals surface area contributed by atoms with Crippen molar-refractivity contribution in [2.75, 3.05) is 6.54 Å². The summed E-state index contributed by atoms with van der Waals surface area (Å²) in [5, 5.41) is 4.06. The molecule has 2 aromatic carbocycles. The lowest BCUT2D eigenvalue weighted by Crippen LogP contribution is -2.24. The monoisotopic (exact) mass is 362 g/mol. The SMILES string of the molecule is O=C(NCCCn1ccc2ccccc21)c1ccc(-c2ccccc2F)o1. The number of amides is 1. The Morgan fingerprint density at radius 2 is 1.81 bits per heavy atom. The van der Waals surface area contributed by atoms with Gasteiger partial charge in [0.25, 0.3) is 5.91 Å². The minimum Gasteiger partial charge on any atom is -0.451 e. The molecule has 0 aliphatic rings. The highest BCUT2D eigenvalue weighted by Crippen LogP contribution is 2.24. The van der Waals surface area contributed by atoms with Crippen molar-refractivity contribution < 1.29 is 13.6 Å². The second-order valence-corrected chi connectivity index (χ2v) is 6.32. The summed E-state index contributed by atoms with van der Waals surface area (Å²) in [7, 11) is 0. The highest BCUT2D eigenvalue weighted by atomic mass is 19.1. The lowest BCUT2D eigenvalue weighted by atomic mass is 10.1. The van der Waals surface area contributed by atoms with E-state index >= 15 is 0 Å². The molecule has 0 fully saturated rings. The zero-order valence-electron chi connectivity index (χ0n) is 14.7. The molecule has 0 aliphatic carbocycles. The number of nitrogens with zero attached hydrogens (tertiary/aromatic N) is 1. The number of rotatable bonds is 6. The topological polar surface area (TPSA) is 47.2 Å². The van der Waals surface area contributed by atoms with E-state index in [9.17, 15) is 9.18 Å². The van der Waals surface area contributed by atoms with Crippen LogP contribution in [0.5, 0.6) is 0 Å². The van der Waals surface area contributed by atoms with Crippen molar-refractivity contribution in [1.29, 1.82) is 0 Å². The van der Waals surface area contributed by atoms with E-state index in [0.717, 1.165) is 13.0 Å². The Labute approximate surface area is 156 Å². The van der Waals surface area contributed by atoms with Crippen LogP contribution in [0.4, 0.5) is 4.39 Å². The maximum atomic E-state index is 13.8. The lowest BCUT2D eigenvalue weighted by molar-refractivity contribution is 0.0926. The standard InChI is InChI=1S/C22H19FN2O2/c23-18-8-3-2-7-17(18)20-10-11-21(27-20)22(26)24-13-5-14-25-15-12-16-6-1-4-9-19(16)25/h1-4,6-12,15H,5,13-14H2,(H,24,26). The van der Waals surface area contributed by atoms with Gasteiger partial charge in [0.15, 0.2) is 5.76 Å². The summed E-state index contributed by atoms with van der Waals surface area (Å²) in [4.78, 5) is 12.2. The van der Waals surface area contributed by atoms with E-state index in [1.165, 1.54) is 17.0 Å². The zero-order chi connectivity index (χ0) is 18.6. The Morgan fingerprint density at radius 3 is 2.70 bits per heavy atom. The number of furan rings is 1. The van der Waals surface area contributed by atoms with Gasteiger partial charge in [-0.15, -0.1) is 0 Å². The zero-order valence-corrected chi connectivity index (χ0v) is 14.7. The number of fused-ring (bicyclic) bond motifs is 1. The van der Waals surface area contributed by atoms with Gasteiger partial charge >= 0.3 is 0 Å². The van der Waals surface area contributed by atoms with Crippen LogP contribution < -0.4 is 5.32 Å². The van der Waals surface area contributed by atoms with Crippen molar-refractivity contribution >= 4 is 16.8 Å². The van der Waals surface area contributed by atoms with E-state index in [-0.39, 0.29) is 17.5 Å². The minimum absolute atomic E-state index is 0.180. The fourth-order valence-electron chi connectivity index (χ4n) is 3.14. The second kappa shape index (κ2) is 7.50. The van der Waals surface area contributed by atoms with E-state index in [0.29, 0.717) is 17.9 Å². The smallest absolute Gasteiger partial charge is 0.287 e.